The van der Waals surface area contributed by atoms with Crippen LogP contribution in [0.2, 0.25) is 0 Å². The first-order valence-corrected chi connectivity index (χ1v) is 8.31. The summed E-state index contributed by atoms with van der Waals surface area (Å²) in [6.45, 7) is 3.92. The molecule has 0 radical (unpaired) electrons. The van der Waals surface area contributed by atoms with Crippen LogP contribution in [0, 0.1) is 6.92 Å². The summed E-state index contributed by atoms with van der Waals surface area (Å²) in [5.41, 5.74) is 2.46. The Balaban J connectivity index is 1.96. The Labute approximate surface area is 123 Å². The van der Waals surface area contributed by atoms with Crippen LogP contribution in [0.4, 0.5) is 5.82 Å². The van der Waals surface area contributed by atoms with E-state index in [0.717, 1.165) is 24.2 Å². The Bertz CT molecular complexity index is 458. The number of aromatic nitrogens is 2. The third-order valence-electron chi connectivity index (χ3n) is 4.45. The van der Waals surface area contributed by atoms with E-state index in [-0.39, 0.29) is 0 Å². The SMILES string of the molecule is Cc1nn(C)c(N2CCOC3CCCCC32)c1CBr. The molecular weight excluding hydrogens is 306 g/mol. The molecule has 0 aromatic carbocycles. The fraction of sp³-hybridized carbons (Fsp3) is 0.786. The summed E-state index contributed by atoms with van der Waals surface area (Å²) in [7, 11) is 2.06. The molecule has 1 aliphatic carbocycles. The average Bonchev–Trinajstić information content (AvgIpc) is 2.72. The van der Waals surface area contributed by atoms with E-state index in [9.17, 15) is 0 Å². The monoisotopic (exact) mass is 327 g/mol. The number of alkyl halides is 1. The molecule has 1 aliphatic heterocycles. The topological polar surface area (TPSA) is 30.3 Å². The number of rotatable bonds is 2. The highest BCUT2D eigenvalue weighted by molar-refractivity contribution is 9.08. The van der Waals surface area contributed by atoms with Crippen molar-refractivity contribution in [3.05, 3.63) is 11.3 Å². The molecule has 1 saturated heterocycles. The standard InChI is InChI=1S/C14H22BrN3O/c1-10-11(9-15)14(17(2)16-10)18-7-8-19-13-6-4-3-5-12(13)18/h12-13H,3-9H2,1-2H3. The maximum atomic E-state index is 5.97. The molecule has 4 nitrogen and oxygen atoms in total. The zero-order valence-corrected chi connectivity index (χ0v) is 13.3. The largest absolute Gasteiger partial charge is 0.374 e. The zero-order chi connectivity index (χ0) is 13.4. The molecule has 0 amide bonds. The van der Waals surface area contributed by atoms with E-state index in [2.05, 4.69) is 39.9 Å². The fourth-order valence-corrected chi connectivity index (χ4v) is 4.22. The molecule has 1 saturated carbocycles. The molecule has 2 unspecified atom stereocenters. The highest BCUT2D eigenvalue weighted by Crippen LogP contribution is 2.35. The minimum absolute atomic E-state index is 0.417. The Kier molecular flexibility index (Phi) is 3.85. The van der Waals surface area contributed by atoms with E-state index in [1.54, 1.807) is 0 Å². The van der Waals surface area contributed by atoms with Crippen molar-refractivity contribution in [3.63, 3.8) is 0 Å². The molecule has 106 valence electrons. The van der Waals surface area contributed by atoms with Crippen LogP contribution in [0.3, 0.4) is 0 Å². The van der Waals surface area contributed by atoms with E-state index in [1.165, 1.54) is 37.1 Å². The molecule has 2 fully saturated rings. The molecule has 2 heterocycles. The van der Waals surface area contributed by atoms with Gasteiger partial charge in [-0.2, -0.15) is 5.10 Å². The Morgan fingerprint density at radius 1 is 1.37 bits per heavy atom. The number of halogens is 1. The third-order valence-corrected chi connectivity index (χ3v) is 5.01. The summed E-state index contributed by atoms with van der Waals surface area (Å²) in [6.07, 6.45) is 5.51. The first-order chi connectivity index (χ1) is 9.22. The van der Waals surface area contributed by atoms with Crippen LogP contribution in [0.25, 0.3) is 0 Å². The van der Waals surface area contributed by atoms with Crippen LogP contribution < -0.4 is 4.90 Å². The number of anilines is 1. The molecular formula is C14H22BrN3O. The molecule has 0 bridgehead atoms. The van der Waals surface area contributed by atoms with E-state index in [4.69, 9.17) is 4.74 Å². The van der Waals surface area contributed by atoms with Crippen LogP contribution >= 0.6 is 15.9 Å². The third kappa shape index (κ3) is 2.31. The van der Waals surface area contributed by atoms with E-state index < -0.39 is 0 Å². The smallest absolute Gasteiger partial charge is 0.131 e. The molecule has 2 aliphatic rings. The number of aryl methyl sites for hydroxylation is 2. The average molecular weight is 328 g/mol. The summed E-state index contributed by atoms with van der Waals surface area (Å²) < 4.78 is 8.02. The van der Waals surface area contributed by atoms with Crippen LogP contribution in [0.5, 0.6) is 0 Å². The number of morpholine rings is 1. The minimum Gasteiger partial charge on any atom is -0.374 e. The van der Waals surface area contributed by atoms with E-state index in [0.29, 0.717) is 12.1 Å². The fourth-order valence-electron chi connectivity index (χ4n) is 3.56. The lowest BCUT2D eigenvalue weighted by molar-refractivity contribution is -0.00928. The quantitative estimate of drug-likeness (QED) is 0.782. The maximum absolute atomic E-state index is 5.97. The van der Waals surface area contributed by atoms with Gasteiger partial charge in [-0.25, -0.2) is 0 Å². The number of ether oxygens (including phenoxy) is 1. The van der Waals surface area contributed by atoms with Crippen molar-refractivity contribution in [1.29, 1.82) is 0 Å². The van der Waals surface area contributed by atoms with Gasteiger partial charge in [0.25, 0.3) is 0 Å². The minimum atomic E-state index is 0.417. The van der Waals surface area contributed by atoms with Crippen LogP contribution in [-0.2, 0) is 17.1 Å². The normalized spacial score (nSPS) is 27.4. The second-order valence-corrected chi connectivity index (χ2v) is 6.16. The van der Waals surface area contributed by atoms with Gasteiger partial charge in [0.1, 0.15) is 5.82 Å². The van der Waals surface area contributed by atoms with E-state index in [1.807, 2.05) is 4.68 Å². The second kappa shape index (κ2) is 5.44. The number of hydrogen-bond donors (Lipinski definition) is 0. The van der Waals surface area contributed by atoms with E-state index >= 15 is 0 Å². The summed E-state index contributed by atoms with van der Waals surface area (Å²) in [6, 6.07) is 0.537. The Morgan fingerprint density at radius 3 is 2.95 bits per heavy atom. The van der Waals surface area contributed by atoms with Crippen LogP contribution in [0.1, 0.15) is 36.9 Å². The van der Waals surface area contributed by atoms with Crippen molar-refractivity contribution in [2.24, 2.45) is 7.05 Å². The van der Waals surface area contributed by atoms with Crippen molar-refractivity contribution < 1.29 is 4.74 Å². The second-order valence-electron chi connectivity index (χ2n) is 5.60. The molecule has 1 aromatic rings. The molecule has 1 aromatic heterocycles. The van der Waals surface area contributed by atoms with Gasteiger partial charge in [-0.1, -0.05) is 28.8 Å². The first kappa shape index (κ1) is 13.4. The summed E-state index contributed by atoms with van der Waals surface area (Å²) in [5, 5.41) is 5.47. The highest BCUT2D eigenvalue weighted by Gasteiger charge is 2.36. The molecule has 0 N–H and O–H groups in total. The Morgan fingerprint density at radius 2 is 2.16 bits per heavy atom. The molecule has 3 rings (SSSR count). The van der Waals surface area contributed by atoms with Gasteiger partial charge in [0.15, 0.2) is 0 Å². The lowest BCUT2D eigenvalue weighted by atomic mass is 9.90. The molecule has 2 atom stereocenters. The summed E-state index contributed by atoms with van der Waals surface area (Å²) in [4.78, 5) is 2.55. The van der Waals surface area contributed by atoms with Crippen molar-refractivity contribution in [2.45, 2.75) is 50.1 Å². The van der Waals surface area contributed by atoms with Gasteiger partial charge in [-0.05, 0) is 19.8 Å². The summed E-state index contributed by atoms with van der Waals surface area (Å²) in [5.74, 6) is 1.29. The maximum Gasteiger partial charge on any atom is 0.131 e. The van der Waals surface area contributed by atoms with Gasteiger partial charge >= 0.3 is 0 Å². The van der Waals surface area contributed by atoms with Gasteiger partial charge in [0.2, 0.25) is 0 Å². The van der Waals surface area contributed by atoms with Gasteiger partial charge in [-0.3, -0.25) is 4.68 Å². The van der Waals surface area contributed by atoms with Gasteiger partial charge < -0.3 is 9.64 Å². The number of nitrogens with zero attached hydrogens (tertiary/aromatic N) is 3. The predicted molar refractivity (Wildman–Crippen MR) is 79.9 cm³/mol. The highest BCUT2D eigenvalue weighted by atomic mass is 79.9. The lowest BCUT2D eigenvalue weighted by Gasteiger charge is -2.45. The van der Waals surface area contributed by atoms with Crippen molar-refractivity contribution >= 4 is 21.7 Å². The van der Waals surface area contributed by atoms with Crippen LogP contribution in [0.15, 0.2) is 0 Å². The number of hydrogen-bond acceptors (Lipinski definition) is 3. The van der Waals surface area contributed by atoms with Crippen LogP contribution in [-0.4, -0.2) is 35.1 Å². The molecule has 19 heavy (non-hydrogen) atoms. The predicted octanol–water partition coefficient (Wildman–Crippen LogP) is 2.77. The Hall–Kier alpha value is -0.550. The first-order valence-electron chi connectivity index (χ1n) is 7.19. The van der Waals surface area contributed by atoms with Gasteiger partial charge in [0, 0.05) is 24.5 Å². The molecule has 0 spiro atoms. The number of fused-ring (bicyclic) bond motifs is 1. The van der Waals surface area contributed by atoms with Crippen molar-refractivity contribution in [3.8, 4) is 0 Å². The lowest BCUT2D eigenvalue weighted by Crippen LogP contribution is -2.53. The molecule has 5 heteroatoms. The van der Waals surface area contributed by atoms with Gasteiger partial charge in [0.05, 0.1) is 24.4 Å². The van der Waals surface area contributed by atoms with Gasteiger partial charge in [-0.15, -0.1) is 0 Å². The van der Waals surface area contributed by atoms with Crippen molar-refractivity contribution in [1.82, 2.24) is 9.78 Å². The zero-order valence-electron chi connectivity index (χ0n) is 11.7. The van der Waals surface area contributed by atoms with Crippen molar-refractivity contribution in [2.75, 3.05) is 18.1 Å². The summed E-state index contributed by atoms with van der Waals surface area (Å²) >= 11 is 3.62.